The fourth-order valence-electron chi connectivity index (χ4n) is 8.56. The topological polar surface area (TPSA) is 84.7 Å². The van der Waals surface area contributed by atoms with Crippen LogP contribution in [0.15, 0.2) is 24.3 Å². The molecule has 1 aromatic rings. The first-order valence-corrected chi connectivity index (χ1v) is 13.0. The van der Waals surface area contributed by atoms with Crippen LogP contribution in [0.3, 0.4) is 0 Å². The number of rotatable bonds is 0. The van der Waals surface area contributed by atoms with Crippen molar-refractivity contribution in [1.29, 1.82) is 0 Å². The van der Waals surface area contributed by atoms with E-state index < -0.39 is 16.5 Å². The number of hydrogen-bond acceptors (Lipinski definition) is 4. The summed E-state index contributed by atoms with van der Waals surface area (Å²) in [5.74, 6) is 0.527. The summed E-state index contributed by atoms with van der Waals surface area (Å²) in [5.41, 5.74) is 0.973. The lowest BCUT2D eigenvalue weighted by Crippen LogP contribution is -2.83. The van der Waals surface area contributed by atoms with Crippen LogP contribution in [0.2, 0.25) is 0 Å². The van der Waals surface area contributed by atoms with E-state index in [2.05, 4.69) is 31.3 Å². The first-order chi connectivity index (χ1) is 16.7. The molecule has 2 aliphatic carbocycles. The van der Waals surface area contributed by atoms with Gasteiger partial charge in [0.15, 0.2) is 0 Å². The van der Waals surface area contributed by atoms with Gasteiger partial charge in [0.1, 0.15) is 22.4 Å². The van der Waals surface area contributed by atoms with Gasteiger partial charge in [-0.25, -0.2) is 0 Å². The van der Waals surface area contributed by atoms with Crippen molar-refractivity contribution < 1.29 is 19.1 Å². The highest BCUT2D eigenvalue weighted by molar-refractivity contribution is 6.30. The number of carbonyl (C=O) groups excluding carboxylic acids is 2. The standard InChI is InChI=1S/C28H29N3O4/c1-25(2)20-15-27-11-5-13-30(27)24(33)28(20,29-23(27)32)14-18-16-6-7-19-17(21(16)31(34)22(18)25)8-12-26(35-19)9-3-4-10-26/h6-8,12,14,20H,3-5,9-11,13,15H2,1-2H3,(H,29,32)/t20?,27-,28-/m0/s1. The molecule has 0 radical (unpaired) electrons. The van der Waals surface area contributed by atoms with Gasteiger partial charge in [-0.05, 0) is 89.2 Å². The second-order valence-corrected chi connectivity index (χ2v) is 12.2. The molecule has 9 rings (SSSR count). The molecule has 8 aliphatic rings. The zero-order valence-electron chi connectivity index (χ0n) is 20.1. The molecule has 7 nitrogen and oxygen atoms in total. The maximum absolute atomic E-state index is 14.0. The Labute approximate surface area is 204 Å². The number of hydrogen-bond donors (Lipinski definition) is 1. The van der Waals surface area contributed by atoms with E-state index in [1.165, 1.54) is 0 Å². The van der Waals surface area contributed by atoms with E-state index in [-0.39, 0.29) is 23.3 Å². The minimum Gasteiger partial charge on any atom is -0.618 e. The fraction of sp³-hybridized carbons (Fsp3) is 0.536. The highest BCUT2D eigenvalue weighted by atomic mass is 16.5. The molecule has 3 atom stereocenters. The summed E-state index contributed by atoms with van der Waals surface area (Å²) >= 11 is 0. The molecular formula is C28H29N3O4. The van der Waals surface area contributed by atoms with Crippen LogP contribution in [0.5, 0.6) is 5.75 Å². The monoisotopic (exact) mass is 471 g/mol. The van der Waals surface area contributed by atoms with E-state index in [0.29, 0.717) is 30.8 Å². The summed E-state index contributed by atoms with van der Waals surface area (Å²) < 4.78 is 7.57. The number of nitrogens with one attached hydrogen (secondary N) is 1. The van der Waals surface area contributed by atoms with Gasteiger partial charge in [0.2, 0.25) is 17.3 Å². The molecule has 1 unspecified atom stereocenters. The first-order valence-electron chi connectivity index (χ1n) is 13.0. The normalized spacial score (nSPS) is 36.3. The largest absolute Gasteiger partial charge is 0.618 e. The van der Waals surface area contributed by atoms with Crippen molar-refractivity contribution in [2.24, 2.45) is 11.3 Å². The van der Waals surface area contributed by atoms with Gasteiger partial charge in [0.25, 0.3) is 5.91 Å². The summed E-state index contributed by atoms with van der Waals surface area (Å²) in [5, 5.41) is 17.2. The van der Waals surface area contributed by atoms with Gasteiger partial charge in [-0.15, -0.1) is 0 Å². The molecule has 5 fully saturated rings. The van der Waals surface area contributed by atoms with E-state index in [1.54, 1.807) is 0 Å². The zero-order chi connectivity index (χ0) is 24.0. The molecule has 1 N–H and O–H groups in total. The second-order valence-electron chi connectivity index (χ2n) is 12.2. The van der Waals surface area contributed by atoms with E-state index in [9.17, 15) is 14.8 Å². The van der Waals surface area contributed by atoms with Gasteiger partial charge < -0.3 is 20.2 Å². The van der Waals surface area contributed by atoms with Crippen molar-refractivity contribution in [3.8, 4) is 5.75 Å². The molecule has 180 valence electrons. The predicted molar refractivity (Wildman–Crippen MR) is 130 cm³/mol. The smallest absolute Gasteiger partial charge is 0.253 e. The molecule has 6 aliphatic heterocycles. The Morgan fingerprint density at radius 1 is 1.14 bits per heavy atom. The van der Waals surface area contributed by atoms with Crippen LogP contribution in [0.25, 0.3) is 11.6 Å². The molecule has 6 heterocycles. The van der Waals surface area contributed by atoms with Gasteiger partial charge in [0.05, 0.1) is 22.1 Å². The van der Waals surface area contributed by atoms with Crippen molar-refractivity contribution in [3.05, 3.63) is 40.6 Å². The Kier molecular flexibility index (Phi) is 3.35. The number of piperidine rings is 2. The van der Waals surface area contributed by atoms with Gasteiger partial charge in [0, 0.05) is 12.5 Å². The molecule has 0 aromatic heterocycles. The summed E-state index contributed by atoms with van der Waals surface area (Å²) in [7, 11) is 0. The third-order valence-corrected chi connectivity index (χ3v) is 10.2. The van der Waals surface area contributed by atoms with E-state index >= 15 is 0 Å². The molecular weight excluding hydrogens is 442 g/mol. The highest BCUT2D eigenvalue weighted by Crippen LogP contribution is 2.61. The van der Waals surface area contributed by atoms with Crippen molar-refractivity contribution in [3.63, 3.8) is 0 Å². The second kappa shape index (κ2) is 5.82. The molecule has 2 bridgehead atoms. The maximum atomic E-state index is 14.0. The molecule has 35 heavy (non-hydrogen) atoms. The van der Waals surface area contributed by atoms with Crippen molar-refractivity contribution >= 4 is 34.9 Å². The van der Waals surface area contributed by atoms with Crippen molar-refractivity contribution in [2.75, 3.05) is 6.54 Å². The quantitative estimate of drug-likeness (QED) is 0.462. The number of carbonyl (C=O) groups is 2. The molecule has 1 saturated carbocycles. The third-order valence-electron chi connectivity index (χ3n) is 10.2. The molecule has 2 amide bonds. The Bertz CT molecular complexity index is 1360. The Hall–Kier alpha value is -3.09. The van der Waals surface area contributed by atoms with E-state index in [1.807, 2.05) is 23.1 Å². The van der Waals surface area contributed by atoms with Crippen LogP contribution in [-0.4, -0.2) is 50.4 Å². The number of benzene rings is 1. The highest BCUT2D eigenvalue weighted by Gasteiger charge is 2.74. The number of fused-ring (bicyclic) bond motifs is 6. The summed E-state index contributed by atoms with van der Waals surface area (Å²) in [6, 6.07) is 3.94. The van der Waals surface area contributed by atoms with E-state index in [0.717, 1.165) is 59.3 Å². The third kappa shape index (κ3) is 2.06. The molecule has 1 aromatic carbocycles. The maximum Gasteiger partial charge on any atom is 0.253 e. The summed E-state index contributed by atoms with van der Waals surface area (Å²) in [4.78, 5) is 29.1. The van der Waals surface area contributed by atoms with Gasteiger partial charge in [-0.3, -0.25) is 9.59 Å². The average molecular weight is 472 g/mol. The number of piperazine rings is 1. The molecule has 4 saturated heterocycles. The molecule has 3 spiro atoms. The first kappa shape index (κ1) is 20.1. The van der Waals surface area contributed by atoms with Crippen LogP contribution < -0.4 is 10.1 Å². The lowest BCUT2D eigenvalue weighted by molar-refractivity contribution is -0.362. The molecule has 7 heteroatoms. The van der Waals surface area contributed by atoms with Crippen LogP contribution in [0.1, 0.15) is 69.9 Å². The van der Waals surface area contributed by atoms with Gasteiger partial charge in [-0.1, -0.05) is 0 Å². The van der Waals surface area contributed by atoms with Crippen LogP contribution in [0, 0.1) is 16.5 Å². The zero-order valence-corrected chi connectivity index (χ0v) is 20.1. The summed E-state index contributed by atoms with van der Waals surface area (Å²) in [6.07, 6.45) is 12.6. The lowest BCUT2D eigenvalue weighted by atomic mass is 9.51. The van der Waals surface area contributed by atoms with E-state index in [4.69, 9.17) is 4.74 Å². The predicted octanol–water partition coefficient (Wildman–Crippen LogP) is 3.67. The number of nitrogens with zero attached hydrogens (tertiary/aromatic N) is 2. The van der Waals surface area contributed by atoms with Crippen molar-refractivity contribution in [1.82, 2.24) is 10.2 Å². The van der Waals surface area contributed by atoms with Crippen molar-refractivity contribution in [2.45, 2.75) is 75.5 Å². The van der Waals surface area contributed by atoms with Crippen LogP contribution in [-0.2, 0) is 9.59 Å². The van der Waals surface area contributed by atoms with Crippen LogP contribution >= 0.6 is 0 Å². The Morgan fingerprint density at radius 2 is 1.94 bits per heavy atom. The van der Waals surface area contributed by atoms with Crippen LogP contribution in [0.4, 0.5) is 5.69 Å². The number of allylic oxidation sites excluding steroid dienone is 1. The average Bonchev–Trinajstić information content (AvgIpc) is 3.53. The minimum atomic E-state index is -1.11. The van der Waals surface area contributed by atoms with Gasteiger partial charge >= 0.3 is 0 Å². The Morgan fingerprint density at radius 3 is 2.74 bits per heavy atom. The summed E-state index contributed by atoms with van der Waals surface area (Å²) in [6.45, 7) is 4.77. The van der Waals surface area contributed by atoms with Gasteiger partial charge in [-0.2, -0.15) is 4.74 Å². The minimum absolute atomic E-state index is 0.0132. The SMILES string of the molecule is CC1(C)C2=[N+]([O-])c3c(ccc4c3C=CC3(CCCC3)O4)C2=C[C@@]23NC(=O)[C@]4(CCCN4C2=O)CC13. The number of ether oxygens (including phenoxy) is 1. The number of amides is 2. The lowest BCUT2D eigenvalue weighted by Gasteiger charge is -2.62. The Balaban J connectivity index is 1.35. The fourth-order valence-corrected chi connectivity index (χ4v) is 8.56.